The molecule has 0 spiro atoms. The van der Waals surface area contributed by atoms with E-state index in [1.165, 1.54) is 0 Å². The molecule has 1 aromatic heterocycles. The van der Waals surface area contributed by atoms with Gasteiger partial charge in [0.2, 0.25) is 11.8 Å². The maximum absolute atomic E-state index is 12.4. The molecule has 2 N–H and O–H groups in total. The maximum atomic E-state index is 12.4. The number of morpholine rings is 1. The van der Waals surface area contributed by atoms with Gasteiger partial charge in [0.15, 0.2) is 5.82 Å². The summed E-state index contributed by atoms with van der Waals surface area (Å²) in [6, 6.07) is -0.394. The van der Waals surface area contributed by atoms with E-state index in [1.807, 2.05) is 6.92 Å². The predicted octanol–water partition coefficient (Wildman–Crippen LogP) is -0.454. The van der Waals surface area contributed by atoms with Crippen molar-refractivity contribution in [2.45, 2.75) is 38.3 Å². The van der Waals surface area contributed by atoms with Crippen molar-refractivity contribution in [1.29, 1.82) is 0 Å². The largest absolute Gasteiger partial charge is 0.366 e. The Bertz CT molecular complexity index is 544. The van der Waals surface area contributed by atoms with Crippen molar-refractivity contribution in [3.8, 4) is 0 Å². The Morgan fingerprint density at radius 3 is 3.05 bits per heavy atom. The van der Waals surface area contributed by atoms with Crippen molar-refractivity contribution in [3.05, 3.63) is 11.6 Å². The summed E-state index contributed by atoms with van der Waals surface area (Å²) < 4.78 is 5.66. The van der Waals surface area contributed by atoms with Crippen molar-refractivity contribution in [3.63, 3.8) is 0 Å². The maximum Gasteiger partial charge on any atom is 0.245 e. The van der Waals surface area contributed by atoms with Gasteiger partial charge in [-0.05, 0) is 6.42 Å². The molecule has 1 aromatic rings. The molecular formula is C13H19N5O3. The summed E-state index contributed by atoms with van der Waals surface area (Å²) >= 11 is 0. The normalized spacial score (nSPS) is 26.0. The molecule has 3 heterocycles. The van der Waals surface area contributed by atoms with E-state index < -0.39 is 6.04 Å². The minimum atomic E-state index is -0.394. The Balaban J connectivity index is 1.65. The number of hydrogen-bond acceptors (Lipinski definition) is 5. The molecule has 0 aliphatic carbocycles. The fourth-order valence-electron chi connectivity index (χ4n) is 2.64. The second-order valence-electron chi connectivity index (χ2n) is 5.30. The number of aromatic nitrogens is 3. The molecule has 0 aromatic carbocycles. The standard InChI is InChI=1S/C13H19N5O3/c1-2-10-15-12(17-16-10)9-7-18(5-6-21-9)13(20)8-3-4-11(19)14-8/h8-9H,2-7H2,1H3,(H,14,19)(H,15,16,17)/t8-,9-/m1/s1. The minimum Gasteiger partial charge on any atom is -0.366 e. The lowest BCUT2D eigenvalue weighted by atomic mass is 10.1. The fraction of sp³-hybridized carbons (Fsp3) is 0.692. The van der Waals surface area contributed by atoms with Gasteiger partial charge in [0.25, 0.3) is 0 Å². The van der Waals surface area contributed by atoms with Crippen LogP contribution in [0.3, 0.4) is 0 Å². The number of aryl methyl sites for hydroxylation is 1. The number of amides is 2. The summed E-state index contributed by atoms with van der Waals surface area (Å²) in [7, 11) is 0. The van der Waals surface area contributed by atoms with Crippen LogP contribution in [0.15, 0.2) is 0 Å². The Hall–Kier alpha value is -1.96. The minimum absolute atomic E-state index is 0.0413. The van der Waals surface area contributed by atoms with Gasteiger partial charge in [-0.15, -0.1) is 0 Å². The Labute approximate surface area is 122 Å². The monoisotopic (exact) mass is 293 g/mol. The topological polar surface area (TPSA) is 100 Å². The Kier molecular flexibility index (Phi) is 3.87. The lowest BCUT2D eigenvalue weighted by Gasteiger charge is -2.33. The van der Waals surface area contributed by atoms with Gasteiger partial charge in [-0.3, -0.25) is 14.7 Å². The highest BCUT2D eigenvalue weighted by Crippen LogP contribution is 2.21. The van der Waals surface area contributed by atoms with Crippen LogP contribution < -0.4 is 5.32 Å². The average Bonchev–Trinajstić information content (AvgIpc) is 3.15. The van der Waals surface area contributed by atoms with E-state index in [0.717, 1.165) is 12.2 Å². The summed E-state index contributed by atoms with van der Waals surface area (Å²) in [5.74, 6) is 1.29. The summed E-state index contributed by atoms with van der Waals surface area (Å²) in [6.07, 6.45) is 1.46. The smallest absolute Gasteiger partial charge is 0.245 e. The summed E-state index contributed by atoms with van der Waals surface area (Å²) in [5, 5.41) is 9.71. The van der Waals surface area contributed by atoms with E-state index in [4.69, 9.17) is 4.74 Å². The summed E-state index contributed by atoms with van der Waals surface area (Å²) in [5.41, 5.74) is 0. The van der Waals surface area contributed by atoms with Gasteiger partial charge in [-0.1, -0.05) is 6.92 Å². The van der Waals surface area contributed by atoms with Crippen molar-refractivity contribution in [1.82, 2.24) is 25.4 Å². The average molecular weight is 293 g/mol. The van der Waals surface area contributed by atoms with Gasteiger partial charge in [0.05, 0.1) is 13.2 Å². The number of H-pyrrole nitrogens is 1. The molecule has 3 rings (SSSR count). The van der Waals surface area contributed by atoms with Gasteiger partial charge in [-0.25, -0.2) is 4.98 Å². The first-order chi connectivity index (χ1) is 10.2. The van der Waals surface area contributed by atoms with Crippen LogP contribution in [-0.2, 0) is 20.7 Å². The number of carbonyl (C=O) groups excluding carboxylic acids is 2. The molecule has 2 amide bonds. The van der Waals surface area contributed by atoms with E-state index in [0.29, 0.717) is 38.4 Å². The molecule has 2 atom stereocenters. The third kappa shape index (κ3) is 2.90. The third-order valence-corrected chi connectivity index (χ3v) is 3.84. The van der Waals surface area contributed by atoms with Crippen LogP contribution in [0.1, 0.15) is 37.5 Å². The molecule has 8 nitrogen and oxygen atoms in total. The molecule has 21 heavy (non-hydrogen) atoms. The molecule has 0 radical (unpaired) electrons. The van der Waals surface area contributed by atoms with Gasteiger partial charge in [0.1, 0.15) is 18.0 Å². The number of rotatable bonds is 3. The highest BCUT2D eigenvalue weighted by molar-refractivity contribution is 5.90. The van der Waals surface area contributed by atoms with Crippen LogP contribution in [0.25, 0.3) is 0 Å². The number of carbonyl (C=O) groups is 2. The molecule has 2 fully saturated rings. The van der Waals surface area contributed by atoms with E-state index in [1.54, 1.807) is 4.90 Å². The van der Waals surface area contributed by atoms with Crippen LogP contribution in [0.2, 0.25) is 0 Å². The highest BCUT2D eigenvalue weighted by atomic mass is 16.5. The number of hydrogen-bond donors (Lipinski definition) is 2. The molecule has 2 aliphatic rings. The number of nitrogens with zero attached hydrogens (tertiary/aromatic N) is 3. The second-order valence-corrected chi connectivity index (χ2v) is 5.30. The van der Waals surface area contributed by atoms with E-state index in [2.05, 4.69) is 20.5 Å². The quantitative estimate of drug-likeness (QED) is 0.786. The molecule has 0 bridgehead atoms. The fourth-order valence-corrected chi connectivity index (χ4v) is 2.64. The Morgan fingerprint density at radius 1 is 1.52 bits per heavy atom. The first-order valence-electron chi connectivity index (χ1n) is 7.28. The first-order valence-corrected chi connectivity index (χ1v) is 7.28. The van der Waals surface area contributed by atoms with Crippen molar-refractivity contribution in [2.24, 2.45) is 0 Å². The van der Waals surface area contributed by atoms with Crippen LogP contribution in [0, 0.1) is 0 Å². The van der Waals surface area contributed by atoms with Crippen molar-refractivity contribution >= 4 is 11.8 Å². The second kappa shape index (κ2) is 5.80. The van der Waals surface area contributed by atoms with Crippen molar-refractivity contribution in [2.75, 3.05) is 19.7 Å². The predicted molar refractivity (Wildman–Crippen MR) is 72.2 cm³/mol. The molecule has 2 saturated heterocycles. The zero-order valence-corrected chi connectivity index (χ0v) is 12.0. The zero-order chi connectivity index (χ0) is 14.8. The van der Waals surface area contributed by atoms with Crippen LogP contribution in [-0.4, -0.2) is 57.6 Å². The van der Waals surface area contributed by atoms with E-state index in [-0.39, 0.29) is 17.9 Å². The van der Waals surface area contributed by atoms with Gasteiger partial charge in [0, 0.05) is 19.4 Å². The number of ether oxygens (including phenoxy) is 1. The molecule has 2 aliphatic heterocycles. The van der Waals surface area contributed by atoms with Gasteiger partial charge >= 0.3 is 0 Å². The van der Waals surface area contributed by atoms with Crippen LogP contribution in [0.5, 0.6) is 0 Å². The van der Waals surface area contributed by atoms with Crippen LogP contribution in [0.4, 0.5) is 0 Å². The lowest BCUT2D eigenvalue weighted by Crippen LogP contribution is -2.49. The third-order valence-electron chi connectivity index (χ3n) is 3.84. The first kappa shape index (κ1) is 14.0. The molecule has 0 saturated carbocycles. The Morgan fingerprint density at radius 2 is 2.38 bits per heavy atom. The van der Waals surface area contributed by atoms with E-state index in [9.17, 15) is 9.59 Å². The molecular weight excluding hydrogens is 274 g/mol. The van der Waals surface area contributed by atoms with Gasteiger partial charge < -0.3 is 15.0 Å². The highest BCUT2D eigenvalue weighted by Gasteiger charge is 2.34. The SMILES string of the molecule is CCc1nc([C@H]2CN(C(=O)[C@H]3CCC(=O)N3)CCO2)n[nH]1. The lowest BCUT2D eigenvalue weighted by molar-refractivity contribution is -0.142. The zero-order valence-electron chi connectivity index (χ0n) is 12.0. The van der Waals surface area contributed by atoms with Crippen LogP contribution >= 0.6 is 0 Å². The molecule has 114 valence electrons. The molecule has 0 unspecified atom stereocenters. The molecule has 8 heteroatoms. The number of nitrogens with one attached hydrogen (secondary N) is 2. The summed E-state index contributed by atoms with van der Waals surface area (Å²) in [4.78, 5) is 29.7. The van der Waals surface area contributed by atoms with Crippen molar-refractivity contribution < 1.29 is 14.3 Å². The van der Waals surface area contributed by atoms with E-state index >= 15 is 0 Å². The van der Waals surface area contributed by atoms with Gasteiger partial charge in [-0.2, -0.15) is 5.10 Å². The summed E-state index contributed by atoms with van der Waals surface area (Å²) in [6.45, 7) is 3.40. The number of aromatic amines is 1.